The molecule has 0 unspecified atom stereocenters. The van der Waals surface area contributed by atoms with Gasteiger partial charge in [-0.15, -0.1) is 0 Å². The third kappa shape index (κ3) is 4.67. The quantitative estimate of drug-likeness (QED) is 0.431. The van der Waals surface area contributed by atoms with Crippen LogP contribution >= 0.6 is 27.7 Å². The molecular formula is C23H21BrN4O4S. The predicted molar refractivity (Wildman–Crippen MR) is 132 cm³/mol. The number of hydrogen-bond donors (Lipinski definition) is 1. The van der Waals surface area contributed by atoms with Crippen molar-refractivity contribution >= 4 is 55.5 Å². The monoisotopic (exact) mass is 528 g/mol. The molecule has 8 nitrogen and oxygen atoms in total. The second kappa shape index (κ2) is 9.80. The first kappa shape index (κ1) is 23.1. The first-order valence-corrected chi connectivity index (χ1v) is 11.7. The molecular weight excluding hydrogens is 508 g/mol. The number of thioether (sulfide) groups is 1. The molecule has 2 aromatic carbocycles. The molecule has 4 rings (SSSR count). The number of benzene rings is 2. The van der Waals surface area contributed by atoms with Gasteiger partial charge in [0, 0.05) is 4.47 Å². The van der Waals surface area contributed by atoms with Crippen LogP contribution in [0.4, 0.5) is 5.69 Å². The largest absolute Gasteiger partial charge is 0.497 e. The zero-order valence-electron chi connectivity index (χ0n) is 18.2. The van der Waals surface area contributed by atoms with E-state index in [9.17, 15) is 9.59 Å². The minimum atomic E-state index is -0.692. The smallest absolute Gasteiger partial charge is 0.338 e. The van der Waals surface area contributed by atoms with E-state index in [1.807, 2.05) is 36.4 Å². The van der Waals surface area contributed by atoms with Crippen molar-refractivity contribution in [1.82, 2.24) is 4.90 Å². The molecule has 2 aliphatic rings. The number of ether oxygens (including phenoxy) is 2. The number of carbonyl (C=O) groups is 2. The Morgan fingerprint density at radius 2 is 1.91 bits per heavy atom. The Balaban J connectivity index is 1.71. The van der Waals surface area contributed by atoms with Gasteiger partial charge in [0.05, 0.1) is 36.7 Å². The number of rotatable bonds is 6. The van der Waals surface area contributed by atoms with Gasteiger partial charge < -0.3 is 9.47 Å². The highest BCUT2D eigenvalue weighted by atomic mass is 79.9. The maximum absolute atomic E-state index is 13.4. The average Bonchev–Trinajstić information content (AvgIpc) is 3.12. The van der Waals surface area contributed by atoms with Crippen molar-refractivity contribution in [3.05, 3.63) is 69.8 Å². The van der Waals surface area contributed by atoms with Crippen LogP contribution in [-0.4, -0.2) is 40.7 Å². The summed E-state index contributed by atoms with van der Waals surface area (Å²) in [5.41, 5.74) is 5.21. The van der Waals surface area contributed by atoms with E-state index in [0.717, 1.165) is 27.5 Å². The lowest BCUT2D eigenvalue weighted by molar-refractivity contribution is -0.139. The standard InChI is InChI=1S/C23H21BrN4O4S/c1-4-32-22(30)18-13(2)25-23-28(19(18)14-5-11-17(31-3)12-6-14)21(29)20(33-23)27-26-16-9-7-15(24)8-10-16/h5-12,19,26H,4H2,1-3H3/t19-/m1/s1. The molecule has 1 atom stereocenters. The SMILES string of the molecule is CCOC(=O)C1=C(C)N=C2SC(=NNc3ccc(Br)cc3)C(=O)N2[C@@H]1c1ccc(OC)cc1. The number of methoxy groups -OCH3 is 1. The van der Waals surface area contributed by atoms with Crippen molar-refractivity contribution < 1.29 is 19.1 Å². The third-order valence-electron chi connectivity index (χ3n) is 5.04. The topological polar surface area (TPSA) is 92.6 Å². The van der Waals surface area contributed by atoms with E-state index in [2.05, 4.69) is 31.4 Å². The lowest BCUT2D eigenvalue weighted by Gasteiger charge is -2.32. The fourth-order valence-electron chi connectivity index (χ4n) is 3.48. The van der Waals surface area contributed by atoms with Crippen molar-refractivity contribution in [2.75, 3.05) is 19.1 Å². The lowest BCUT2D eigenvalue weighted by Crippen LogP contribution is -2.40. The number of halogens is 1. The lowest BCUT2D eigenvalue weighted by atomic mass is 9.94. The van der Waals surface area contributed by atoms with Gasteiger partial charge in [-0.3, -0.25) is 15.1 Å². The Bertz CT molecular complexity index is 1180. The number of allylic oxidation sites excluding steroid dienone is 1. The summed E-state index contributed by atoms with van der Waals surface area (Å²) in [6, 6.07) is 14.0. The van der Waals surface area contributed by atoms with Crippen LogP contribution in [0.25, 0.3) is 0 Å². The fourth-order valence-corrected chi connectivity index (χ4v) is 4.67. The van der Waals surface area contributed by atoms with Crippen LogP contribution < -0.4 is 10.2 Å². The fraction of sp³-hybridized carbons (Fsp3) is 0.217. The normalized spacial score (nSPS) is 18.8. The number of amidine groups is 1. The summed E-state index contributed by atoms with van der Waals surface area (Å²) in [5, 5.41) is 4.99. The number of amides is 1. The highest BCUT2D eigenvalue weighted by Crippen LogP contribution is 2.42. The molecule has 1 saturated heterocycles. The second-order valence-electron chi connectivity index (χ2n) is 7.10. The average molecular weight is 529 g/mol. The van der Waals surface area contributed by atoms with E-state index in [0.29, 0.717) is 22.2 Å². The van der Waals surface area contributed by atoms with Gasteiger partial charge in [-0.05, 0) is 67.6 Å². The number of hydrogen-bond acceptors (Lipinski definition) is 8. The number of anilines is 1. The Labute approximate surface area is 203 Å². The first-order valence-electron chi connectivity index (χ1n) is 10.1. The van der Waals surface area contributed by atoms with Crippen LogP contribution in [0.1, 0.15) is 25.5 Å². The van der Waals surface area contributed by atoms with Gasteiger partial charge in [-0.25, -0.2) is 9.79 Å². The van der Waals surface area contributed by atoms with Crippen molar-refractivity contribution in [1.29, 1.82) is 0 Å². The van der Waals surface area contributed by atoms with Crippen LogP contribution in [0.3, 0.4) is 0 Å². The number of nitrogens with zero attached hydrogens (tertiary/aromatic N) is 3. The van der Waals surface area contributed by atoms with Gasteiger partial charge in [0.1, 0.15) is 5.75 Å². The second-order valence-corrected chi connectivity index (χ2v) is 8.97. The Morgan fingerprint density at radius 3 is 2.55 bits per heavy atom. The number of nitrogens with one attached hydrogen (secondary N) is 1. The summed E-state index contributed by atoms with van der Waals surface area (Å²) >= 11 is 4.55. The summed E-state index contributed by atoms with van der Waals surface area (Å²) in [7, 11) is 1.58. The Hall–Kier alpha value is -3.11. The van der Waals surface area contributed by atoms with Gasteiger partial charge >= 0.3 is 5.97 Å². The summed E-state index contributed by atoms with van der Waals surface area (Å²) in [4.78, 5) is 32.3. The predicted octanol–water partition coefficient (Wildman–Crippen LogP) is 4.71. The van der Waals surface area contributed by atoms with E-state index < -0.39 is 12.0 Å². The maximum atomic E-state index is 13.4. The van der Waals surface area contributed by atoms with Crippen molar-refractivity contribution in [3.63, 3.8) is 0 Å². The number of aliphatic imine (C=N–C) groups is 1. The molecule has 2 aromatic rings. The Morgan fingerprint density at radius 1 is 1.21 bits per heavy atom. The Kier molecular flexibility index (Phi) is 6.85. The van der Waals surface area contributed by atoms with Gasteiger partial charge in [0.25, 0.3) is 5.91 Å². The zero-order valence-corrected chi connectivity index (χ0v) is 20.6. The molecule has 170 valence electrons. The van der Waals surface area contributed by atoms with Crippen molar-refractivity contribution in [3.8, 4) is 5.75 Å². The highest BCUT2D eigenvalue weighted by Gasteiger charge is 2.46. The summed E-state index contributed by atoms with van der Waals surface area (Å²) < 4.78 is 11.5. The van der Waals surface area contributed by atoms with E-state index >= 15 is 0 Å². The van der Waals surface area contributed by atoms with Crippen LogP contribution in [0.15, 0.2) is 74.4 Å². The molecule has 0 spiro atoms. The molecule has 0 aliphatic carbocycles. The van der Waals surface area contributed by atoms with Crippen LogP contribution in [0.5, 0.6) is 5.75 Å². The van der Waals surface area contributed by atoms with Gasteiger partial charge in [0.15, 0.2) is 10.2 Å². The van der Waals surface area contributed by atoms with E-state index in [1.165, 1.54) is 4.90 Å². The van der Waals surface area contributed by atoms with E-state index in [4.69, 9.17) is 9.47 Å². The molecule has 2 heterocycles. The first-order chi connectivity index (χ1) is 15.9. The van der Waals surface area contributed by atoms with Gasteiger partial charge in [-0.1, -0.05) is 28.1 Å². The third-order valence-corrected chi connectivity index (χ3v) is 6.50. The molecule has 1 fully saturated rings. The minimum Gasteiger partial charge on any atom is -0.497 e. The van der Waals surface area contributed by atoms with Crippen molar-refractivity contribution in [2.45, 2.75) is 19.9 Å². The molecule has 10 heteroatoms. The molecule has 1 amide bonds. The zero-order chi connectivity index (χ0) is 23.5. The van der Waals surface area contributed by atoms with E-state index in [1.54, 1.807) is 33.1 Å². The molecule has 0 saturated carbocycles. The number of hydrazone groups is 1. The van der Waals surface area contributed by atoms with Crippen LogP contribution in [0, 0.1) is 0 Å². The number of esters is 1. The summed E-state index contributed by atoms with van der Waals surface area (Å²) in [5.74, 6) is -0.182. The molecule has 0 radical (unpaired) electrons. The molecule has 33 heavy (non-hydrogen) atoms. The highest BCUT2D eigenvalue weighted by molar-refractivity contribution is 9.10. The molecule has 2 aliphatic heterocycles. The summed E-state index contributed by atoms with van der Waals surface area (Å²) in [6.07, 6.45) is 0. The van der Waals surface area contributed by atoms with E-state index in [-0.39, 0.29) is 17.6 Å². The molecule has 0 bridgehead atoms. The minimum absolute atomic E-state index is 0.216. The number of carbonyl (C=O) groups excluding carboxylic acids is 2. The summed E-state index contributed by atoms with van der Waals surface area (Å²) in [6.45, 7) is 3.70. The van der Waals surface area contributed by atoms with Crippen LogP contribution in [-0.2, 0) is 14.3 Å². The van der Waals surface area contributed by atoms with Crippen molar-refractivity contribution in [2.24, 2.45) is 10.1 Å². The van der Waals surface area contributed by atoms with Gasteiger partial charge in [-0.2, -0.15) is 5.10 Å². The molecule has 1 N–H and O–H groups in total. The molecule has 0 aromatic heterocycles. The van der Waals surface area contributed by atoms with Gasteiger partial charge in [0.2, 0.25) is 0 Å². The maximum Gasteiger partial charge on any atom is 0.338 e. The number of fused-ring (bicyclic) bond motifs is 1. The van der Waals surface area contributed by atoms with Crippen LogP contribution in [0.2, 0.25) is 0 Å².